The summed E-state index contributed by atoms with van der Waals surface area (Å²) in [4.78, 5) is 0. The van der Waals surface area contributed by atoms with Crippen LogP contribution in [0.25, 0.3) is 77.2 Å². The van der Waals surface area contributed by atoms with Gasteiger partial charge in [0.25, 0.3) is 0 Å². The minimum Gasteiger partial charge on any atom is -0.309 e. The second-order valence-corrected chi connectivity index (χ2v) is 11.9. The Labute approximate surface area is 262 Å². The molecule has 212 valence electrons. The highest BCUT2D eigenvalue weighted by Gasteiger charge is 2.15. The third-order valence-electron chi connectivity index (χ3n) is 9.17. The van der Waals surface area contributed by atoms with Gasteiger partial charge in [0.05, 0.1) is 22.1 Å². The maximum Gasteiger partial charge on any atom is 0.0541 e. The molecule has 45 heavy (non-hydrogen) atoms. The number of para-hydroxylation sites is 2. The fraction of sp³-hybridized carbons (Fsp3) is 0.0233. The van der Waals surface area contributed by atoms with Crippen LogP contribution in [0.3, 0.4) is 0 Å². The molecular weight excluding hydrogens is 544 g/mol. The van der Waals surface area contributed by atoms with Gasteiger partial charge in [-0.15, -0.1) is 0 Å². The van der Waals surface area contributed by atoms with Gasteiger partial charge < -0.3 is 9.13 Å². The summed E-state index contributed by atoms with van der Waals surface area (Å²) in [6.45, 7) is 2.16. The zero-order valence-electron chi connectivity index (χ0n) is 25.0. The van der Waals surface area contributed by atoms with Gasteiger partial charge in [0.15, 0.2) is 0 Å². The van der Waals surface area contributed by atoms with Gasteiger partial charge >= 0.3 is 0 Å². The Kier molecular flexibility index (Phi) is 5.76. The van der Waals surface area contributed by atoms with Crippen molar-refractivity contribution in [2.24, 2.45) is 0 Å². The summed E-state index contributed by atoms with van der Waals surface area (Å²) >= 11 is 0. The quantitative estimate of drug-likeness (QED) is 0.198. The molecule has 9 aromatic rings. The normalized spacial score (nSPS) is 11.7. The molecule has 0 radical (unpaired) electrons. The van der Waals surface area contributed by atoms with E-state index in [9.17, 15) is 0 Å². The van der Waals surface area contributed by atoms with Crippen molar-refractivity contribution in [3.63, 3.8) is 0 Å². The lowest BCUT2D eigenvalue weighted by Crippen LogP contribution is -1.94. The highest BCUT2D eigenvalue weighted by Crippen LogP contribution is 2.37. The van der Waals surface area contributed by atoms with Crippen molar-refractivity contribution in [2.45, 2.75) is 6.92 Å². The first-order valence-corrected chi connectivity index (χ1v) is 15.5. The van der Waals surface area contributed by atoms with E-state index in [4.69, 9.17) is 0 Å². The van der Waals surface area contributed by atoms with E-state index < -0.39 is 0 Å². The van der Waals surface area contributed by atoms with E-state index in [1.165, 1.54) is 82.8 Å². The Morgan fingerprint density at radius 2 is 0.822 bits per heavy atom. The molecule has 0 fully saturated rings. The largest absolute Gasteiger partial charge is 0.309 e. The van der Waals surface area contributed by atoms with E-state index in [-0.39, 0.29) is 0 Å². The van der Waals surface area contributed by atoms with Crippen LogP contribution < -0.4 is 0 Å². The molecule has 0 atom stereocenters. The predicted molar refractivity (Wildman–Crippen MR) is 191 cm³/mol. The molecule has 0 saturated carbocycles. The molecule has 2 nitrogen and oxygen atoms in total. The summed E-state index contributed by atoms with van der Waals surface area (Å²) < 4.78 is 4.78. The molecule has 0 bridgehead atoms. The molecule has 0 saturated heterocycles. The lowest BCUT2D eigenvalue weighted by atomic mass is 10.0. The molecule has 0 N–H and O–H groups in total. The molecule has 7 aromatic carbocycles. The maximum atomic E-state index is 2.40. The van der Waals surface area contributed by atoms with Crippen LogP contribution in [0.15, 0.2) is 164 Å². The molecule has 2 heteroatoms. The highest BCUT2D eigenvalue weighted by atomic mass is 15.0. The van der Waals surface area contributed by atoms with E-state index in [1.54, 1.807) is 0 Å². The number of hydrogen-bond donors (Lipinski definition) is 0. The van der Waals surface area contributed by atoms with E-state index in [0.717, 1.165) is 0 Å². The van der Waals surface area contributed by atoms with Gasteiger partial charge in [-0.3, -0.25) is 0 Å². The number of aryl methyl sites for hydroxylation is 1. The Bertz CT molecular complexity index is 2530. The first-order chi connectivity index (χ1) is 22.2. The van der Waals surface area contributed by atoms with Gasteiger partial charge in [0.2, 0.25) is 0 Å². The first-order valence-electron chi connectivity index (χ1n) is 15.5. The summed E-state index contributed by atoms with van der Waals surface area (Å²) in [5.41, 5.74) is 13.4. The standard InChI is InChI=1S/C43H30N2/c1-29-18-24-42-38(26-29)36-14-5-7-16-40(36)44(42)34-22-19-31(20-23-34)33-21-25-43-39(28-33)37-15-6-8-17-41(37)45(43)35-13-9-12-32(27-35)30-10-3-2-4-11-30/h2-28H,1H3. The van der Waals surface area contributed by atoms with Crippen molar-refractivity contribution in [2.75, 3.05) is 0 Å². The van der Waals surface area contributed by atoms with Crippen LogP contribution in [0, 0.1) is 6.92 Å². The van der Waals surface area contributed by atoms with Crippen molar-refractivity contribution in [1.29, 1.82) is 0 Å². The number of fused-ring (bicyclic) bond motifs is 6. The molecule has 2 aromatic heterocycles. The molecule has 0 amide bonds. The third-order valence-corrected chi connectivity index (χ3v) is 9.17. The summed E-state index contributed by atoms with van der Waals surface area (Å²) in [5.74, 6) is 0. The van der Waals surface area contributed by atoms with E-state index in [2.05, 4.69) is 180 Å². The van der Waals surface area contributed by atoms with Crippen LogP contribution in [0.1, 0.15) is 5.56 Å². The Morgan fingerprint density at radius 3 is 1.56 bits per heavy atom. The van der Waals surface area contributed by atoms with Crippen molar-refractivity contribution in [3.8, 4) is 33.6 Å². The second kappa shape index (κ2) is 10.1. The Morgan fingerprint density at radius 1 is 0.311 bits per heavy atom. The fourth-order valence-corrected chi connectivity index (χ4v) is 7.05. The first kappa shape index (κ1) is 25.6. The van der Waals surface area contributed by atoms with Crippen LogP contribution in [0.2, 0.25) is 0 Å². The van der Waals surface area contributed by atoms with Gasteiger partial charge in [0.1, 0.15) is 0 Å². The van der Waals surface area contributed by atoms with Crippen molar-refractivity contribution in [1.82, 2.24) is 9.13 Å². The molecule has 0 spiro atoms. The van der Waals surface area contributed by atoms with Crippen molar-refractivity contribution < 1.29 is 0 Å². The SMILES string of the molecule is Cc1ccc2c(c1)c1ccccc1n2-c1ccc(-c2ccc3c(c2)c2ccccc2n3-c2cccc(-c3ccccc3)c2)cc1. The minimum atomic E-state index is 1.17. The maximum absolute atomic E-state index is 2.40. The minimum absolute atomic E-state index is 1.17. The van der Waals surface area contributed by atoms with E-state index >= 15 is 0 Å². The summed E-state index contributed by atoms with van der Waals surface area (Å²) in [6.07, 6.45) is 0. The molecular formula is C43H30N2. The second-order valence-electron chi connectivity index (χ2n) is 11.9. The van der Waals surface area contributed by atoms with Crippen LogP contribution >= 0.6 is 0 Å². The Balaban J connectivity index is 1.16. The van der Waals surface area contributed by atoms with Crippen LogP contribution in [0.5, 0.6) is 0 Å². The van der Waals surface area contributed by atoms with Gasteiger partial charge in [-0.1, -0.05) is 109 Å². The number of benzene rings is 7. The lowest BCUT2D eigenvalue weighted by Gasteiger charge is -2.11. The van der Waals surface area contributed by atoms with E-state index in [0.29, 0.717) is 0 Å². The number of aromatic nitrogens is 2. The van der Waals surface area contributed by atoms with Crippen molar-refractivity contribution >= 4 is 43.6 Å². The average Bonchev–Trinajstić information content (AvgIpc) is 3.61. The zero-order valence-corrected chi connectivity index (χ0v) is 25.0. The number of hydrogen-bond acceptors (Lipinski definition) is 0. The molecule has 0 aliphatic carbocycles. The van der Waals surface area contributed by atoms with Crippen LogP contribution in [0.4, 0.5) is 0 Å². The third kappa shape index (κ3) is 4.11. The fourth-order valence-electron chi connectivity index (χ4n) is 7.05. The summed E-state index contributed by atoms with van der Waals surface area (Å²) in [7, 11) is 0. The smallest absolute Gasteiger partial charge is 0.0541 e. The van der Waals surface area contributed by atoms with Gasteiger partial charge in [-0.25, -0.2) is 0 Å². The van der Waals surface area contributed by atoms with Crippen LogP contribution in [-0.4, -0.2) is 9.13 Å². The monoisotopic (exact) mass is 574 g/mol. The van der Waals surface area contributed by atoms with E-state index in [1.807, 2.05) is 0 Å². The van der Waals surface area contributed by atoms with Crippen LogP contribution in [-0.2, 0) is 0 Å². The molecule has 0 aliphatic heterocycles. The summed E-state index contributed by atoms with van der Waals surface area (Å²) in [6, 6.07) is 59.6. The highest BCUT2D eigenvalue weighted by molar-refractivity contribution is 6.11. The van der Waals surface area contributed by atoms with Gasteiger partial charge in [-0.05, 0) is 89.8 Å². The van der Waals surface area contributed by atoms with Gasteiger partial charge in [-0.2, -0.15) is 0 Å². The predicted octanol–water partition coefficient (Wildman–Crippen LogP) is 11.5. The molecule has 0 unspecified atom stereocenters. The zero-order chi connectivity index (χ0) is 29.9. The number of nitrogens with zero attached hydrogens (tertiary/aromatic N) is 2. The molecule has 9 rings (SSSR count). The Hall–Kier alpha value is -5.86. The average molecular weight is 575 g/mol. The molecule has 0 aliphatic rings. The topological polar surface area (TPSA) is 9.86 Å². The lowest BCUT2D eigenvalue weighted by molar-refractivity contribution is 1.18. The van der Waals surface area contributed by atoms with Crippen molar-refractivity contribution in [3.05, 3.63) is 169 Å². The summed E-state index contributed by atoms with van der Waals surface area (Å²) in [5, 5.41) is 5.11. The van der Waals surface area contributed by atoms with Gasteiger partial charge in [0, 0.05) is 32.9 Å². The molecule has 2 heterocycles. The number of rotatable bonds is 4.